The van der Waals surface area contributed by atoms with Crippen LogP contribution in [0.5, 0.6) is 0 Å². The molecule has 1 saturated carbocycles. The van der Waals surface area contributed by atoms with Gasteiger partial charge in [0.25, 0.3) is 0 Å². The fourth-order valence-electron chi connectivity index (χ4n) is 2.93. The molecule has 0 aromatic carbocycles. The van der Waals surface area contributed by atoms with Gasteiger partial charge in [-0.05, 0) is 18.8 Å². The highest BCUT2D eigenvalue weighted by molar-refractivity contribution is 5.90. The van der Waals surface area contributed by atoms with Crippen molar-refractivity contribution in [1.82, 2.24) is 0 Å². The number of hydrogen-bond donors (Lipinski definition) is 1. The summed E-state index contributed by atoms with van der Waals surface area (Å²) < 4.78 is 122. The lowest BCUT2D eigenvalue weighted by Gasteiger charge is -2.37. The second-order valence-electron chi connectivity index (χ2n) is 6.60. The molecule has 0 spiro atoms. The van der Waals surface area contributed by atoms with E-state index in [1.165, 1.54) is 0 Å². The van der Waals surface area contributed by atoms with Crippen LogP contribution in [0, 0.1) is 5.92 Å². The second-order valence-corrected chi connectivity index (χ2v) is 6.60. The Balaban J connectivity index is 3.15. The van der Waals surface area contributed by atoms with Crippen molar-refractivity contribution in [1.29, 1.82) is 0 Å². The Bertz CT molecular complexity index is 622. The summed E-state index contributed by atoms with van der Waals surface area (Å²) in [5.74, 6) is -23.9. The van der Waals surface area contributed by atoms with E-state index in [2.05, 4.69) is 4.74 Å². The topological polar surface area (TPSA) is 63.6 Å². The van der Waals surface area contributed by atoms with Crippen LogP contribution in [0.2, 0.25) is 0 Å². The summed E-state index contributed by atoms with van der Waals surface area (Å²) in [7, 11) is 0. The number of carbonyl (C=O) groups excluding carboxylic acids is 1. The number of halogens is 9. The highest BCUT2D eigenvalue weighted by Gasteiger charge is 2.81. The van der Waals surface area contributed by atoms with Crippen molar-refractivity contribution >= 4 is 11.9 Å². The lowest BCUT2D eigenvalue weighted by atomic mass is 9.82. The molecule has 0 aliphatic heterocycles. The standard InChI is InChI=1S/C16H17F9O4/c17-13(18,14(19,20)15(21,22)16(23,24)25)8-10(9-4-2-1-3-5-9)29-12(28)7-6-11(26)27/h6-7,9-10H,1-5,8H2,(H,26,27)/b7-6+. The maximum Gasteiger partial charge on any atom is 0.460 e. The first-order valence-corrected chi connectivity index (χ1v) is 8.34. The zero-order chi connectivity index (χ0) is 22.7. The molecule has 29 heavy (non-hydrogen) atoms. The average molecular weight is 444 g/mol. The monoisotopic (exact) mass is 444 g/mol. The second kappa shape index (κ2) is 8.82. The van der Waals surface area contributed by atoms with Crippen molar-refractivity contribution < 1.29 is 58.9 Å². The minimum atomic E-state index is -7.03. The van der Waals surface area contributed by atoms with Crippen LogP contribution in [0.25, 0.3) is 0 Å². The third kappa shape index (κ3) is 5.78. The van der Waals surface area contributed by atoms with Crippen molar-refractivity contribution in [2.45, 2.75) is 68.6 Å². The molecular weight excluding hydrogens is 427 g/mol. The van der Waals surface area contributed by atoms with Gasteiger partial charge in [-0.1, -0.05) is 19.3 Å². The van der Waals surface area contributed by atoms with E-state index in [-0.39, 0.29) is 25.0 Å². The van der Waals surface area contributed by atoms with Gasteiger partial charge in [0.2, 0.25) is 0 Å². The zero-order valence-electron chi connectivity index (χ0n) is 14.6. The van der Waals surface area contributed by atoms with Gasteiger partial charge in [-0.2, -0.15) is 39.5 Å². The van der Waals surface area contributed by atoms with Crippen molar-refractivity contribution in [2.75, 3.05) is 0 Å². The summed E-state index contributed by atoms with van der Waals surface area (Å²) in [5.41, 5.74) is 0. The first kappa shape index (κ1) is 25.1. The van der Waals surface area contributed by atoms with Crippen LogP contribution in [0.1, 0.15) is 38.5 Å². The molecule has 0 aromatic rings. The van der Waals surface area contributed by atoms with E-state index in [0.29, 0.717) is 19.3 Å². The Kier molecular flexibility index (Phi) is 7.63. The number of esters is 1. The van der Waals surface area contributed by atoms with Gasteiger partial charge in [-0.15, -0.1) is 0 Å². The van der Waals surface area contributed by atoms with Crippen molar-refractivity contribution in [3.63, 3.8) is 0 Å². The Hall–Kier alpha value is -1.95. The summed E-state index contributed by atoms with van der Waals surface area (Å²) >= 11 is 0. The molecule has 4 nitrogen and oxygen atoms in total. The molecular formula is C16H17F9O4. The molecule has 13 heteroatoms. The van der Waals surface area contributed by atoms with Gasteiger partial charge in [0.15, 0.2) is 0 Å². The fourth-order valence-corrected chi connectivity index (χ4v) is 2.93. The molecule has 0 saturated heterocycles. The quantitative estimate of drug-likeness (QED) is 0.326. The lowest BCUT2D eigenvalue weighted by Crippen LogP contribution is -2.61. The molecule has 1 unspecified atom stereocenters. The Morgan fingerprint density at radius 1 is 0.897 bits per heavy atom. The molecule has 1 fully saturated rings. The fraction of sp³-hybridized carbons (Fsp3) is 0.750. The lowest BCUT2D eigenvalue weighted by molar-refractivity contribution is -0.398. The third-order valence-corrected chi connectivity index (χ3v) is 4.47. The van der Waals surface area contributed by atoms with E-state index in [9.17, 15) is 49.1 Å². The molecule has 0 amide bonds. The number of ether oxygens (including phenoxy) is 1. The zero-order valence-corrected chi connectivity index (χ0v) is 14.6. The van der Waals surface area contributed by atoms with E-state index in [0.717, 1.165) is 0 Å². The average Bonchev–Trinajstić information content (AvgIpc) is 2.58. The molecule has 0 radical (unpaired) electrons. The molecule has 168 valence electrons. The minimum Gasteiger partial charge on any atom is -0.478 e. The smallest absolute Gasteiger partial charge is 0.460 e. The van der Waals surface area contributed by atoms with Gasteiger partial charge in [0, 0.05) is 12.2 Å². The third-order valence-electron chi connectivity index (χ3n) is 4.47. The van der Waals surface area contributed by atoms with E-state index >= 15 is 0 Å². The van der Waals surface area contributed by atoms with Gasteiger partial charge in [0.1, 0.15) is 6.10 Å². The van der Waals surface area contributed by atoms with Crippen LogP contribution in [0.15, 0.2) is 12.2 Å². The molecule has 0 heterocycles. The maximum absolute atomic E-state index is 14.0. The Morgan fingerprint density at radius 3 is 1.86 bits per heavy atom. The largest absolute Gasteiger partial charge is 0.478 e. The van der Waals surface area contributed by atoms with E-state index in [1.807, 2.05) is 0 Å². The Morgan fingerprint density at radius 2 is 1.41 bits per heavy atom. The molecule has 1 aliphatic carbocycles. The van der Waals surface area contributed by atoms with Crippen molar-refractivity contribution in [3.05, 3.63) is 12.2 Å². The van der Waals surface area contributed by atoms with Crippen LogP contribution in [0.4, 0.5) is 39.5 Å². The van der Waals surface area contributed by atoms with Gasteiger partial charge < -0.3 is 9.84 Å². The number of carboxylic acids is 1. The molecule has 1 N–H and O–H groups in total. The van der Waals surface area contributed by atoms with Crippen molar-refractivity contribution in [3.8, 4) is 0 Å². The number of carbonyl (C=O) groups is 2. The van der Waals surface area contributed by atoms with Gasteiger partial charge in [-0.3, -0.25) is 0 Å². The number of rotatable bonds is 8. The maximum atomic E-state index is 14.0. The van der Waals surface area contributed by atoms with Gasteiger partial charge >= 0.3 is 35.9 Å². The first-order chi connectivity index (χ1) is 13.0. The van der Waals surface area contributed by atoms with E-state index < -0.39 is 54.3 Å². The molecule has 0 bridgehead atoms. The SMILES string of the molecule is O=C(O)/C=C/C(=O)OC(CC(F)(F)C(F)(F)C(F)(F)C(F)(F)F)C1CCCCC1. The van der Waals surface area contributed by atoms with Crippen LogP contribution in [0.3, 0.4) is 0 Å². The normalized spacial score (nSPS) is 18.7. The molecule has 0 aromatic heterocycles. The van der Waals surface area contributed by atoms with Crippen LogP contribution < -0.4 is 0 Å². The molecule has 1 atom stereocenters. The summed E-state index contributed by atoms with van der Waals surface area (Å²) in [5, 5.41) is 8.40. The number of alkyl halides is 9. The predicted molar refractivity (Wildman–Crippen MR) is 78.7 cm³/mol. The van der Waals surface area contributed by atoms with Gasteiger partial charge in [-0.25, -0.2) is 9.59 Å². The number of aliphatic carboxylic acids is 1. The predicted octanol–water partition coefficient (Wildman–Crippen LogP) is 4.98. The summed E-state index contributed by atoms with van der Waals surface area (Å²) in [4.78, 5) is 21.9. The van der Waals surface area contributed by atoms with E-state index in [1.54, 1.807) is 0 Å². The highest BCUT2D eigenvalue weighted by Crippen LogP contribution is 2.55. The molecule has 1 aliphatic rings. The number of carboxylic acid groups (broad SMARTS) is 1. The number of hydrogen-bond acceptors (Lipinski definition) is 3. The van der Waals surface area contributed by atoms with Crippen LogP contribution in [-0.2, 0) is 14.3 Å². The summed E-state index contributed by atoms with van der Waals surface area (Å²) in [6.07, 6.45) is -9.21. The summed E-state index contributed by atoms with van der Waals surface area (Å²) in [6, 6.07) is 0. The molecule has 1 rings (SSSR count). The first-order valence-electron chi connectivity index (χ1n) is 8.34. The highest BCUT2D eigenvalue weighted by atomic mass is 19.4. The van der Waals surface area contributed by atoms with Crippen LogP contribution in [-0.4, -0.2) is 47.1 Å². The van der Waals surface area contributed by atoms with E-state index in [4.69, 9.17) is 5.11 Å². The van der Waals surface area contributed by atoms with Crippen molar-refractivity contribution in [2.24, 2.45) is 5.92 Å². The van der Waals surface area contributed by atoms with Gasteiger partial charge in [0.05, 0.1) is 6.42 Å². The van der Waals surface area contributed by atoms with Crippen LogP contribution >= 0.6 is 0 Å². The minimum absolute atomic E-state index is 0.0813. The Labute approximate surface area is 158 Å². The summed E-state index contributed by atoms with van der Waals surface area (Å²) in [6.45, 7) is 0.